The van der Waals surface area contributed by atoms with E-state index in [1.54, 1.807) is 24.3 Å². The van der Waals surface area contributed by atoms with Crippen LogP contribution in [0.1, 0.15) is 49.2 Å². The zero-order chi connectivity index (χ0) is 28.2. The van der Waals surface area contributed by atoms with Crippen molar-refractivity contribution in [1.82, 2.24) is 15.3 Å². The van der Waals surface area contributed by atoms with E-state index in [1.807, 2.05) is 50.2 Å². The lowest BCUT2D eigenvalue weighted by molar-refractivity contribution is -0.138. The van der Waals surface area contributed by atoms with Crippen molar-refractivity contribution < 1.29 is 24.3 Å². The third-order valence-electron chi connectivity index (χ3n) is 6.07. The smallest absolute Gasteiger partial charge is 0.317 e. The number of carbonyl (C=O) groups excluding carboxylic acids is 3. The molecular weight excluding hydrogens is 514 g/mol. The van der Waals surface area contributed by atoms with Crippen molar-refractivity contribution in [2.75, 3.05) is 0 Å². The van der Waals surface area contributed by atoms with Crippen molar-refractivity contribution in [3.05, 3.63) is 90.5 Å². The second-order valence-corrected chi connectivity index (χ2v) is 11.0. The lowest BCUT2D eigenvalue weighted by Crippen LogP contribution is -2.46. The zero-order valence-electron chi connectivity index (χ0n) is 22.0. The molecule has 3 aromatic rings. The van der Waals surface area contributed by atoms with E-state index in [2.05, 4.69) is 15.3 Å². The van der Waals surface area contributed by atoms with Gasteiger partial charge in [0.25, 0.3) is 0 Å². The predicted octanol–water partition coefficient (Wildman–Crippen LogP) is 4.64. The Bertz CT molecular complexity index is 1240. The van der Waals surface area contributed by atoms with Gasteiger partial charge in [-0.2, -0.15) is 0 Å². The summed E-state index contributed by atoms with van der Waals surface area (Å²) in [6.45, 7) is 3.86. The fourth-order valence-electron chi connectivity index (χ4n) is 4.13. The highest BCUT2D eigenvalue weighted by Crippen LogP contribution is 2.27. The van der Waals surface area contributed by atoms with Crippen molar-refractivity contribution in [3.63, 3.8) is 0 Å². The van der Waals surface area contributed by atoms with Crippen LogP contribution in [0.2, 0.25) is 0 Å². The minimum absolute atomic E-state index is 0.0677. The average molecular weight is 548 g/mol. The molecule has 0 saturated carbocycles. The lowest BCUT2D eigenvalue weighted by Gasteiger charge is -2.24. The molecule has 0 saturated heterocycles. The van der Waals surface area contributed by atoms with E-state index in [0.717, 1.165) is 22.2 Å². The summed E-state index contributed by atoms with van der Waals surface area (Å²) in [5.74, 6) is -2.89. The maximum atomic E-state index is 13.5. The fraction of sp³-hybridized carbons (Fsp3) is 0.333. The molecule has 0 bridgehead atoms. The predicted molar refractivity (Wildman–Crippen MR) is 149 cm³/mol. The summed E-state index contributed by atoms with van der Waals surface area (Å²) in [5.41, 5.74) is 1.04. The Kier molecular flexibility index (Phi) is 11.4. The first-order valence-electron chi connectivity index (χ1n) is 12.8. The van der Waals surface area contributed by atoms with Gasteiger partial charge in [0.1, 0.15) is 10.9 Å². The molecule has 2 aromatic carbocycles. The van der Waals surface area contributed by atoms with Gasteiger partial charge in [0.15, 0.2) is 11.6 Å². The molecule has 1 heterocycles. The van der Waals surface area contributed by atoms with Crippen LogP contribution in [0.15, 0.2) is 84.1 Å². The van der Waals surface area contributed by atoms with Gasteiger partial charge >= 0.3 is 5.97 Å². The van der Waals surface area contributed by atoms with Crippen LogP contribution >= 0.6 is 11.8 Å². The van der Waals surface area contributed by atoms with E-state index in [9.17, 15) is 24.3 Å². The topological polar surface area (TPSA) is 126 Å². The summed E-state index contributed by atoms with van der Waals surface area (Å²) in [6.07, 6.45) is 4.54. The fourth-order valence-corrected chi connectivity index (χ4v) is 5.12. The Morgan fingerprint density at radius 1 is 0.923 bits per heavy atom. The molecule has 1 amide bonds. The van der Waals surface area contributed by atoms with Gasteiger partial charge in [0.2, 0.25) is 5.91 Å². The quantitative estimate of drug-likeness (QED) is 0.208. The third-order valence-corrected chi connectivity index (χ3v) is 7.27. The molecule has 2 N–H and O–H groups in total. The number of amides is 1. The van der Waals surface area contributed by atoms with Gasteiger partial charge in [-0.15, -0.1) is 11.8 Å². The van der Waals surface area contributed by atoms with Gasteiger partial charge in [-0.25, -0.2) is 4.98 Å². The molecule has 1 aromatic heterocycles. The van der Waals surface area contributed by atoms with Crippen LogP contribution in [0.5, 0.6) is 0 Å². The van der Waals surface area contributed by atoms with Gasteiger partial charge in [0, 0.05) is 36.0 Å². The maximum absolute atomic E-state index is 13.5. The van der Waals surface area contributed by atoms with E-state index in [0.29, 0.717) is 12.8 Å². The standard InChI is InChI=1S/C30H33N3O5S/c1-20(2)15-24(27(35)18-28(30(37)38)39-23-11-7-4-8-12-23)33-29(36)22(16-21-9-5-3-6-10-21)17-26(34)25-19-31-13-14-32-25/h3-14,19-20,22,24,28H,15-18H2,1-2H3,(H,33,36)(H,37,38)/t22-,24+,28?/m1/s1. The number of nitrogens with one attached hydrogen (secondary N) is 1. The van der Waals surface area contributed by atoms with Crippen LogP contribution in [0, 0.1) is 11.8 Å². The largest absolute Gasteiger partial charge is 0.480 e. The maximum Gasteiger partial charge on any atom is 0.317 e. The van der Waals surface area contributed by atoms with E-state index < -0.39 is 29.1 Å². The van der Waals surface area contributed by atoms with Crippen LogP contribution in [0.4, 0.5) is 0 Å². The summed E-state index contributed by atoms with van der Waals surface area (Å²) in [6, 6.07) is 17.5. The number of Topliss-reactive ketones (excluding diaryl/α,β-unsaturated/α-hetero) is 2. The number of thioether (sulfide) groups is 1. The summed E-state index contributed by atoms with van der Waals surface area (Å²) in [4.78, 5) is 60.5. The van der Waals surface area contributed by atoms with E-state index in [-0.39, 0.29) is 36.0 Å². The Morgan fingerprint density at radius 2 is 1.59 bits per heavy atom. The zero-order valence-corrected chi connectivity index (χ0v) is 22.8. The third kappa shape index (κ3) is 9.76. The van der Waals surface area contributed by atoms with Crippen molar-refractivity contribution in [3.8, 4) is 0 Å². The van der Waals surface area contributed by atoms with Crippen molar-refractivity contribution >= 4 is 35.2 Å². The van der Waals surface area contributed by atoms with Gasteiger partial charge in [0.05, 0.1) is 12.2 Å². The molecule has 3 rings (SSSR count). The molecule has 0 aliphatic carbocycles. The highest BCUT2D eigenvalue weighted by molar-refractivity contribution is 8.00. The summed E-state index contributed by atoms with van der Waals surface area (Å²) >= 11 is 1.10. The molecule has 0 aliphatic heterocycles. The van der Waals surface area contributed by atoms with Gasteiger partial charge in [-0.1, -0.05) is 62.4 Å². The number of aromatic nitrogens is 2. The minimum atomic E-state index is -1.09. The summed E-state index contributed by atoms with van der Waals surface area (Å²) in [7, 11) is 0. The molecule has 3 atom stereocenters. The second kappa shape index (κ2) is 14.9. The van der Waals surface area contributed by atoms with Crippen LogP contribution in [0.3, 0.4) is 0 Å². The number of carboxylic acid groups (broad SMARTS) is 1. The van der Waals surface area contributed by atoms with Crippen LogP contribution in [0.25, 0.3) is 0 Å². The van der Waals surface area contributed by atoms with Crippen LogP contribution in [-0.2, 0) is 20.8 Å². The number of benzene rings is 2. The Hall–Kier alpha value is -3.85. The van der Waals surface area contributed by atoms with Gasteiger partial charge in [-0.05, 0) is 36.5 Å². The average Bonchev–Trinajstić information content (AvgIpc) is 2.93. The van der Waals surface area contributed by atoms with Crippen molar-refractivity contribution in [1.29, 1.82) is 0 Å². The number of hydrogen-bond acceptors (Lipinski definition) is 7. The first-order valence-corrected chi connectivity index (χ1v) is 13.7. The normalized spacial score (nSPS) is 13.3. The van der Waals surface area contributed by atoms with E-state index in [1.165, 1.54) is 18.6 Å². The molecular formula is C30H33N3O5S. The Balaban J connectivity index is 1.77. The molecule has 0 spiro atoms. The number of nitrogens with zero attached hydrogens (tertiary/aromatic N) is 2. The van der Waals surface area contributed by atoms with Crippen LogP contribution in [-0.4, -0.2) is 49.8 Å². The first-order chi connectivity index (χ1) is 18.7. The SMILES string of the molecule is CC(C)C[C@H](NC(=O)[C@@H](CC(=O)c1cnccn1)Cc1ccccc1)C(=O)CC(Sc1ccccc1)C(=O)O. The molecule has 1 unspecified atom stereocenters. The molecule has 9 heteroatoms. The number of aliphatic carboxylic acids is 1. The molecule has 0 radical (unpaired) electrons. The Morgan fingerprint density at radius 3 is 2.18 bits per heavy atom. The van der Waals surface area contributed by atoms with Crippen LogP contribution < -0.4 is 5.32 Å². The monoisotopic (exact) mass is 547 g/mol. The summed E-state index contributed by atoms with van der Waals surface area (Å²) < 4.78 is 0. The van der Waals surface area contributed by atoms with Gasteiger partial charge in [-0.3, -0.25) is 24.2 Å². The number of ketones is 2. The molecule has 204 valence electrons. The number of hydrogen-bond donors (Lipinski definition) is 2. The first kappa shape index (κ1) is 29.7. The highest BCUT2D eigenvalue weighted by atomic mass is 32.2. The van der Waals surface area contributed by atoms with Crippen molar-refractivity contribution in [2.45, 2.75) is 55.7 Å². The lowest BCUT2D eigenvalue weighted by atomic mass is 9.91. The van der Waals surface area contributed by atoms with Crippen molar-refractivity contribution in [2.24, 2.45) is 11.8 Å². The highest BCUT2D eigenvalue weighted by Gasteiger charge is 2.31. The number of carbonyl (C=O) groups is 4. The van der Waals surface area contributed by atoms with Gasteiger partial charge < -0.3 is 10.4 Å². The second-order valence-electron chi connectivity index (χ2n) is 9.72. The molecule has 39 heavy (non-hydrogen) atoms. The molecule has 8 nitrogen and oxygen atoms in total. The van der Waals surface area contributed by atoms with E-state index in [4.69, 9.17) is 0 Å². The minimum Gasteiger partial charge on any atom is -0.480 e. The number of carboxylic acids is 1. The summed E-state index contributed by atoms with van der Waals surface area (Å²) in [5, 5.41) is 11.6. The molecule has 0 aliphatic rings. The van der Waals surface area contributed by atoms with E-state index >= 15 is 0 Å². The Labute approximate surface area is 232 Å². The number of rotatable bonds is 15. The molecule has 0 fully saturated rings.